The Kier molecular flexibility index (Phi) is 13.4. The molecule has 0 unspecified atom stereocenters. The molecule has 3 aromatic carbocycles. The van der Waals surface area contributed by atoms with Crippen LogP contribution in [0, 0.1) is 5.82 Å². The van der Waals surface area contributed by atoms with E-state index in [1.165, 1.54) is 27.7 Å². The van der Waals surface area contributed by atoms with Crippen molar-refractivity contribution in [3.8, 4) is 45.5 Å². The van der Waals surface area contributed by atoms with Crippen LogP contribution in [0.15, 0.2) is 73.2 Å². The van der Waals surface area contributed by atoms with Gasteiger partial charge in [0, 0.05) is 78.1 Å². The Balaban J connectivity index is 0.979. The number of nitrogens with one attached hydrogen (secondary N) is 1. The van der Waals surface area contributed by atoms with Crippen LogP contribution in [0.4, 0.5) is 10.2 Å². The number of nitrogen functional groups attached to an aromatic ring is 1. The lowest BCUT2D eigenvalue weighted by molar-refractivity contribution is -0.133. The number of aromatic hydroxyl groups is 2. The van der Waals surface area contributed by atoms with Gasteiger partial charge in [-0.1, -0.05) is 37.0 Å². The summed E-state index contributed by atoms with van der Waals surface area (Å²) in [5.74, 6) is -1.58. The molecule has 3 amide bonds. The van der Waals surface area contributed by atoms with E-state index in [-0.39, 0.29) is 80.6 Å². The van der Waals surface area contributed by atoms with Crippen LogP contribution in [-0.4, -0.2) is 100 Å². The summed E-state index contributed by atoms with van der Waals surface area (Å²) in [6, 6.07) is 13.6. The van der Waals surface area contributed by atoms with Crippen molar-refractivity contribution in [2.24, 2.45) is 0 Å². The Morgan fingerprint density at radius 3 is 2.39 bits per heavy atom. The summed E-state index contributed by atoms with van der Waals surface area (Å²) in [6.07, 6.45) is 5.75. The fourth-order valence-corrected chi connectivity index (χ4v) is 8.29. The molecule has 0 spiro atoms. The van der Waals surface area contributed by atoms with E-state index >= 15 is 0 Å². The average Bonchev–Trinajstić information content (AvgIpc) is 3.95. The lowest BCUT2D eigenvalue weighted by Crippen LogP contribution is -2.45. The highest BCUT2D eigenvalue weighted by molar-refractivity contribution is 6.36. The molecule has 1 aliphatic rings. The zero-order valence-corrected chi connectivity index (χ0v) is 37.2. The average molecular weight is 914 g/mol. The molecule has 7 rings (SSSR count). The second kappa shape index (κ2) is 18.9. The van der Waals surface area contributed by atoms with E-state index in [1.807, 2.05) is 24.7 Å². The number of piperidine rings is 1. The normalized spacial score (nSPS) is 13.5. The maximum absolute atomic E-state index is 14.2. The molecule has 6 aromatic rings. The predicted octanol–water partition coefficient (Wildman–Crippen LogP) is 7.58. The first-order chi connectivity index (χ1) is 30.6. The Morgan fingerprint density at radius 1 is 0.984 bits per heavy atom. The molecular weight excluding hydrogens is 866 g/mol. The number of benzene rings is 3. The molecule has 19 heteroatoms. The molecule has 4 heterocycles. The summed E-state index contributed by atoms with van der Waals surface area (Å²) in [4.78, 5) is 47.5. The third kappa shape index (κ3) is 9.31. The van der Waals surface area contributed by atoms with Crippen LogP contribution in [0.2, 0.25) is 10.0 Å². The number of nitrogens with zero attached hydrogens (tertiary/aromatic N) is 8. The van der Waals surface area contributed by atoms with Crippen LogP contribution in [-0.2, 0) is 4.79 Å². The van der Waals surface area contributed by atoms with Gasteiger partial charge in [-0.25, -0.2) is 9.37 Å². The van der Waals surface area contributed by atoms with Gasteiger partial charge >= 0.3 is 0 Å². The lowest BCUT2D eigenvalue weighted by atomic mass is 9.98. The number of anilines is 1. The fourth-order valence-electron chi connectivity index (χ4n) is 7.61. The van der Waals surface area contributed by atoms with E-state index in [4.69, 9.17) is 33.7 Å². The number of amides is 3. The number of carbonyl (C=O) groups excluding carboxylic acids is 3. The van der Waals surface area contributed by atoms with Crippen molar-refractivity contribution in [3.63, 3.8) is 0 Å². The van der Waals surface area contributed by atoms with Crippen molar-refractivity contribution in [3.05, 3.63) is 112 Å². The summed E-state index contributed by atoms with van der Waals surface area (Å²) < 4.78 is 23.6. The maximum atomic E-state index is 14.2. The quantitative estimate of drug-likeness (QED) is 0.0831. The van der Waals surface area contributed by atoms with Crippen LogP contribution in [0.1, 0.15) is 90.7 Å². The van der Waals surface area contributed by atoms with Gasteiger partial charge in [0.1, 0.15) is 23.4 Å². The number of phenols is 2. The minimum Gasteiger partial charge on any atom is -0.508 e. The molecular formula is C45H47Cl2FN10O6. The van der Waals surface area contributed by atoms with Gasteiger partial charge in [0.05, 0.1) is 29.4 Å². The van der Waals surface area contributed by atoms with Crippen molar-refractivity contribution in [1.82, 2.24) is 44.6 Å². The molecule has 0 saturated carbocycles. The van der Waals surface area contributed by atoms with E-state index in [2.05, 4.69) is 25.6 Å². The van der Waals surface area contributed by atoms with E-state index < -0.39 is 17.8 Å². The van der Waals surface area contributed by atoms with Gasteiger partial charge < -0.3 is 35.8 Å². The van der Waals surface area contributed by atoms with Crippen molar-refractivity contribution in [1.29, 1.82) is 0 Å². The largest absolute Gasteiger partial charge is 0.508 e. The van der Waals surface area contributed by atoms with Crippen molar-refractivity contribution in [2.75, 3.05) is 39.0 Å². The Hall–Kier alpha value is -6.72. The minimum atomic E-state index is -0.735. The summed E-state index contributed by atoms with van der Waals surface area (Å²) in [5.41, 5.74) is 9.46. The van der Waals surface area contributed by atoms with Crippen molar-refractivity contribution in [2.45, 2.75) is 58.6 Å². The Labute approximate surface area is 378 Å². The number of halogens is 3. The number of nitrogens with two attached hydrogens (primary N) is 1. The molecule has 0 aliphatic carbocycles. The molecule has 16 nitrogen and oxygen atoms in total. The SMILES string of the molecule is CCNC(=O)c1nnc(-c2cc(C(C)C)c(O)cc2O)n1-c1ccc(C(=O)N(C)CC(=O)N2CCC(n3cc(-c4cnc(N)c(O[C@H](C)c5c(Cl)ccc(F)c5Cl)c4)cn3)CC2)cc1. The van der Waals surface area contributed by atoms with E-state index in [0.717, 1.165) is 5.56 Å². The number of hydrogen-bond acceptors (Lipinski definition) is 11. The van der Waals surface area contributed by atoms with Gasteiger partial charge in [0.25, 0.3) is 11.8 Å². The number of phenolic OH excluding ortho intramolecular Hbond substituents is 2. The van der Waals surface area contributed by atoms with Gasteiger partial charge in [-0.2, -0.15) is 5.10 Å². The van der Waals surface area contributed by atoms with Gasteiger partial charge in [-0.05, 0) is 86.7 Å². The number of likely N-dealkylation sites (tertiary alicyclic amines) is 1. The minimum absolute atomic E-state index is 0.0143. The number of carbonyl (C=O) groups is 3. The van der Waals surface area contributed by atoms with E-state index in [0.29, 0.717) is 60.4 Å². The Bertz CT molecular complexity index is 2720. The highest BCUT2D eigenvalue weighted by atomic mass is 35.5. The topological polar surface area (TPSA) is 207 Å². The number of hydrogen-bond donors (Lipinski definition) is 4. The monoisotopic (exact) mass is 912 g/mol. The van der Waals surface area contributed by atoms with E-state index in [9.17, 15) is 29.0 Å². The van der Waals surface area contributed by atoms with Crippen LogP contribution in [0.25, 0.3) is 28.2 Å². The summed E-state index contributed by atoms with van der Waals surface area (Å²) in [7, 11) is 1.56. The standard InChI is InChI=1S/C45H47Cl2FN10O6/c1-6-50-44(62)43-54-53-42(32-18-31(24(2)3)35(59)19-36(32)60)58(43)30-9-7-26(8-10-30)45(63)55(5)23-38(61)56-15-13-29(14-16-56)57-22-28(21-52-57)27-17-37(41(49)51-20-27)64-25(4)39-33(46)11-12-34(48)40(39)47/h7-12,17-22,24-25,29,59-60H,6,13-16,23H2,1-5H3,(H2,49,51)(H,50,62)/t25-/m1/s1. The summed E-state index contributed by atoms with van der Waals surface area (Å²) >= 11 is 12.5. The van der Waals surface area contributed by atoms with Gasteiger partial charge in [0.2, 0.25) is 11.7 Å². The molecule has 64 heavy (non-hydrogen) atoms. The first kappa shape index (κ1) is 45.3. The molecule has 334 valence electrons. The van der Waals surface area contributed by atoms with Gasteiger partial charge in [-0.3, -0.25) is 23.6 Å². The fraction of sp³-hybridized carbons (Fsp3) is 0.311. The van der Waals surface area contributed by atoms with Gasteiger partial charge in [-0.15, -0.1) is 10.2 Å². The van der Waals surface area contributed by atoms with Crippen LogP contribution in [0.5, 0.6) is 17.2 Å². The molecule has 3 aromatic heterocycles. The smallest absolute Gasteiger partial charge is 0.289 e. The molecule has 1 atom stereocenters. The first-order valence-electron chi connectivity index (χ1n) is 20.6. The third-order valence-electron chi connectivity index (χ3n) is 11.1. The zero-order chi connectivity index (χ0) is 46.0. The highest BCUT2D eigenvalue weighted by Crippen LogP contribution is 2.39. The number of ether oxygens (including phenoxy) is 1. The first-order valence-corrected chi connectivity index (χ1v) is 21.3. The van der Waals surface area contributed by atoms with Crippen LogP contribution in [0.3, 0.4) is 0 Å². The molecule has 1 fully saturated rings. The number of rotatable bonds is 13. The van der Waals surface area contributed by atoms with Crippen molar-refractivity contribution >= 4 is 46.7 Å². The van der Waals surface area contributed by atoms with E-state index in [1.54, 1.807) is 74.6 Å². The second-order valence-corrected chi connectivity index (χ2v) is 16.6. The summed E-state index contributed by atoms with van der Waals surface area (Å²) in [5, 5.41) is 37.1. The van der Waals surface area contributed by atoms with Crippen LogP contribution < -0.4 is 15.8 Å². The Morgan fingerprint density at radius 2 is 1.70 bits per heavy atom. The van der Waals surface area contributed by atoms with Gasteiger partial charge in [0.15, 0.2) is 17.4 Å². The van der Waals surface area contributed by atoms with Crippen LogP contribution >= 0.6 is 23.2 Å². The predicted molar refractivity (Wildman–Crippen MR) is 239 cm³/mol. The third-order valence-corrected chi connectivity index (χ3v) is 11.8. The van der Waals surface area contributed by atoms with Crippen molar-refractivity contribution < 1.29 is 33.7 Å². The number of aromatic nitrogens is 6. The number of likely N-dealkylation sites (N-methyl/N-ethyl adjacent to an activating group) is 1. The molecule has 5 N–H and O–H groups in total. The second-order valence-electron chi connectivity index (χ2n) is 15.8. The molecule has 1 saturated heterocycles. The molecule has 0 bridgehead atoms. The highest BCUT2D eigenvalue weighted by Gasteiger charge is 2.28. The summed E-state index contributed by atoms with van der Waals surface area (Å²) in [6.45, 7) is 8.36. The number of pyridine rings is 1. The molecule has 1 aliphatic heterocycles. The molecule has 0 radical (unpaired) electrons. The lowest BCUT2D eigenvalue weighted by Gasteiger charge is -2.33. The zero-order valence-electron chi connectivity index (χ0n) is 35.7. The maximum Gasteiger partial charge on any atom is 0.289 e.